The van der Waals surface area contributed by atoms with Gasteiger partial charge in [0.05, 0.1) is 0 Å². The number of carbonyl (C=O) groups excluding carboxylic acids is 1. The third kappa shape index (κ3) is 18.6. The minimum absolute atomic E-state index is 0.395. The fourth-order valence-electron chi connectivity index (χ4n) is 0.145. The Labute approximate surface area is 82.9 Å². The molecular formula is C6H14ClO5P. The average molecular weight is 233 g/mol. The van der Waals surface area contributed by atoms with E-state index in [2.05, 4.69) is 23.1 Å². The van der Waals surface area contributed by atoms with Gasteiger partial charge in [0.1, 0.15) is 0 Å². The number of ether oxygens (including phenoxy) is 1. The van der Waals surface area contributed by atoms with Crippen molar-refractivity contribution < 1.29 is 23.5 Å². The number of alkyl halides is 1. The monoisotopic (exact) mass is 232 g/mol. The molecule has 0 aliphatic heterocycles. The van der Waals surface area contributed by atoms with Gasteiger partial charge in [0.25, 0.3) is 0 Å². The Morgan fingerprint density at radius 1 is 1.46 bits per heavy atom. The molecule has 13 heavy (non-hydrogen) atoms. The third-order valence-corrected chi connectivity index (χ3v) is 1.29. The van der Waals surface area contributed by atoms with Crippen LogP contribution in [0, 0.1) is 0 Å². The van der Waals surface area contributed by atoms with Crippen LogP contribution in [0.25, 0.3) is 0 Å². The topological polar surface area (TPSA) is 72.8 Å². The van der Waals surface area contributed by atoms with Gasteiger partial charge in [0.2, 0.25) is 0 Å². The predicted molar refractivity (Wildman–Crippen MR) is 50.1 cm³/mol. The van der Waals surface area contributed by atoms with Crippen molar-refractivity contribution in [1.82, 2.24) is 0 Å². The first kappa shape index (κ1) is 15.2. The van der Waals surface area contributed by atoms with Gasteiger partial charge in [0, 0.05) is 0 Å². The fraction of sp³-hybridized carbons (Fsp3) is 0.833. The summed E-state index contributed by atoms with van der Waals surface area (Å²) < 4.78 is 17.3. The van der Waals surface area contributed by atoms with Gasteiger partial charge in [-0.25, -0.2) is 9.36 Å². The number of hydrogen-bond acceptors (Lipinski definition) is 4. The lowest BCUT2D eigenvalue weighted by Gasteiger charge is -1.96. The molecule has 0 fully saturated rings. The summed E-state index contributed by atoms with van der Waals surface area (Å²) in [5, 5.41) is 0. The lowest BCUT2D eigenvalue weighted by Crippen LogP contribution is -2.00. The number of hydrogen-bond donors (Lipinski definition) is 1. The summed E-state index contributed by atoms with van der Waals surface area (Å²) in [6, 6.07) is -0.395. The van der Waals surface area contributed by atoms with Crippen molar-refractivity contribution >= 4 is 26.0 Å². The highest BCUT2D eigenvalue weighted by atomic mass is 35.5. The van der Waals surface area contributed by atoms with Crippen molar-refractivity contribution in [3.63, 3.8) is 0 Å². The smallest absolute Gasteiger partial charge is 0.418 e. The summed E-state index contributed by atoms with van der Waals surface area (Å²) in [6.07, 6.45) is 1.40. The molecule has 0 aromatic heterocycles. The first-order valence-corrected chi connectivity index (χ1v) is 5.51. The predicted octanol–water partition coefficient (Wildman–Crippen LogP) is 2.52. The summed E-state index contributed by atoms with van der Waals surface area (Å²) in [7, 11) is -3.24. The van der Waals surface area contributed by atoms with Crippen LogP contribution in [0.5, 0.6) is 0 Å². The molecule has 0 aromatic rings. The molecule has 0 aliphatic carbocycles. The molecule has 0 heterocycles. The zero-order chi connectivity index (χ0) is 10.7. The highest BCUT2D eigenvalue weighted by molar-refractivity contribution is 7.32. The van der Waals surface area contributed by atoms with Crippen LogP contribution in [0.2, 0.25) is 0 Å². The Kier molecular flexibility index (Phi) is 13.8. The Morgan fingerprint density at radius 3 is 2.15 bits per heavy atom. The van der Waals surface area contributed by atoms with Crippen LogP contribution in [-0.2, 0) is 13.8 Å². The minimum Gasteiger partial charge on any atom is -0.418 e. The van der Waals surface area contributed by atoms with Crippen LogP contribution in [-0.4, -0.2) is 17.1 Å². The first-order valence-electron chi connectivity index (χ1n) is 3.71. The van der Waals surface area contributed by atoms with Crippen molar-refractivity contribution in [3.05, 3.63) is 0 Å². The highest BCUT2D eigenvalue weighted by Crippen LogP contribution is 2.15. The van der Waals surface area contributed by atoms with E-state index in [9.17, 15) is 9.36 Å². The minimum atomic E-state index is -3.24. The molecule has 0 radical (unpaired) electrons. The first-order chi connectivity index (χ1) is 6.08. The van der Waals surface area contributed by atoms with Gasteiger partial charge in [-0.2, -0.15) is 0 Å². The van der Waals surface area contributed by atoms with E-state index in [1.54, 1.807) is 0 Å². The zero-order valence-corrected chi connectivity index (χ0v) is 9.34. The second kappa shape index (κ2) is 11.8. The molecule has 5 nitrogen and oxygen atoms in total. The second-order valence-corrected chi connectivity index (χ2v) is 2.83. The van der Waals surface area contributed by atoms with E-state index in [0.717, 1.165) is 0 Å². The molecule has 0 saturated carbocycles. The molecule has 1 atom stereocenters. The van der Waals surface area contributed by atoms with Crippen LogP contribution in [0.1, 0.15) is 26.7 Å². The van der Waals surface area contributed by atoms with E-state index >= 15 is 0 Å². The van der Waals surface area contributed by atoms with Gasteiger partial charge in [0.15, 0.2) is 6.07 Å². The molecule has 0 aliphatic rings. The van der Waals surface area contributed by atoms with Gasteiger partial charge < -0.3 is 14.2 Å². The molecule has 0 amide bonds. The summed E-state index contributed by atoms with van der Waals surface area (Å²) in [4.78, 5) is 17.9. The standard InChI is InChI=1S/C4H10.C2H4ClO5P/c1-3-4-2;3-1-7-2(4)8-9(5)6/h3-4H2,1-2H3;9H,1H2,(H,5,6). The highest BCUT2D eigenvalue weighted by Gasteiger charge is 2.03. The van der Waals surface area contributed by atoms with E-state index in [4.69, 9.17) is 16.5 Å². The van der Waals surface area contributed by atoms with Crippen molar-refractivity contribution in [2.75, 3.05) is 6.07 Å². The fourth-order valence-corrected chi connectivity index (χ4v) is 0.436. The maximum atomic E-state index is 9.99. The van der Waals surface area contributed by atoms with Crippen molar-refractivity contribution in [2.45, 2.75) is 26.7 Å². The molecule has 80 valence electrons. The maximum Gasteiger partial charge on any atom is 0.515 e. The summed E-state index contributed by atoms with van der Waals surface area (Å²) >= 11 is 4.88. The second-order valence-electron chi connectivity index (χ2n) is 1.87. The van der Waals surface area contributed by atoms with E-state index in [0.29, 0.717) is 0 Å². The normalized spacial score (nSPS) is 10.8. The Hall–Kier alpha value is -0.250. The van der Waals surface area contributed by atoms with Crippen LogP contribution < -0.4 is 0 Å². The molecule has 7 heteroatoms. The van der Waals surface area contributed by atoms with Crippen molar-refractivity contribution in [1.29, 1.82) is 0 Å². The number of unbranched alkanes of at least 4 members (excludes halogenated alkanes) is 1. The Balaban J connectivity index is 0. The van der Waals surface area contributed by atoms with Gasteiger partial charge in [-0.15, -0.1) is 0 Å². The molecule has 0 spiro atoms. The van der Waals surface area contributed by atoms with Crippen molar-refractivity contribution in [3.8, 4) is 0 Å². The van der Waals surface area contributed by atoms with Gasteiger partial charge in [-0.05, 0) is 0 Å². The van der Waals surface area contributed by atoms with Crippen LogP contribution in [0.15, 0.2) is 0 Å². The average Bonchev–Trinajstić information content (AvgIpc) is 2.04. The van der Waals surface area contributed by atoms with Crippen LogP contribution in [0.3, 0.4) is 0 Å². The maximum absolute atomic E-state index is 9.99. The molecule has 0 saturated heterocycles. The van der Waals surface area contributed by atoms with Crippen LogP contribution >= 0.6 is 19.9 Å². The molecule has 0 aromatic carbocycles. The number of halogens is 1. The zero-order valence-electron chi connectivity index (χ0n) is 7.58. The van der Waals surface area contributed by atoms with E-state index in [-0.39, 0.29) is 0 Å². The third-order valence-electron chi connectivity index (χ3n) is 0.843. The molecule has 1 unspecified atom stereocenters. The van der Waals surface area contributed by atoms with Gasteiger partial charge >= 0.3 is 14.4 Å². The van der Waals surface area contributed by atoms with Gasteiger partial charge in [-0.1, -0.05) is 38.3 Å². The lowest BCUT2D eigenvalue weighted by atomic mass is 10.4. The summed E-state index contributed by atoms with van der Waals surface area (Å²) in [6.45, 7) is 4.36. The molecule has 0 rings (SSSR count). The van der Waals surface area contributed by atoms with Crippen LogP contribution in [0.4, 0.5) is 4.79 Å². The largest absolute Gasteiger partial charge is 0.515 e. The molecule has 0 bridgehead atoms. The SMILES string of the molecule is CCCC.O=C(OCCl)O[PH](=O)O. The molecule has 1 N–H and O–H groups in total. The van der Waals surface area contributed by atoms with E-state index in [1.807, 2.05) is 0 Å². The summed E-state index contributed by atoms with van der Waals surface area (Å²) in [5.41, 5.74) is 0. The van der Waals surface area contributed by atoms with Crippen molar-refractivity contribution in [2.24, 2.45) is 0 Å². The number of carbonyl (C=O) groups is 1. The number of rotatable bonds is 3. The Morgan fingerprint density at radius 2 is 1.92 bits per heavy atom. The van der Waals surface area contributed by atoms with E-state index in [1.165, 1.54) is 12.8 Å². The molecular weight excluding hydrogens is 218 g/mol. The van der Waals surface area contributed by atoms with E-state index < -0.39 is 20.5 Å². The summed E-state index contributed by atoms with van der Waals surface area (Å²) in [5.74, 6) is 0. The van der Waals surface area contributed by atoms with Gasteiger partial charge in [-0.3, -0.25) is 0 Å². The quantitative estimate of drug-likeness (QED) is 0.460. The Bertz CT molecular complexity index is 150. The lowest BCUT2D eigenvalue weighted by molar-refractivity contribution is 0.114.